The first-order valence-corrected chi connectivity index (χ1v) is 4.73. The summed E-state index contributed by atoms with van der Waals surface area (Å²) in [6.45, 7) is 7.39. The van der Waals surface area contributed by atoms with Crippen molar-refractivity contribution in [1.29, 1.82) is 0 Å². The highest BCUT2D eigenvalue weighted by atomic mass is 16.6. The van der Waals surface area contributed by atoms with Crippen LogP contribution in [0, 0.1) is 0 Å². The number of Topliss-reactive ketones (excluding diaryl/α,β-unsaturated/α-hetero) is 1. The summed E-state index contributed by atoms with van der Waals surface area (Å²) in [6.07, 6.45) is 0.224. The van der Waals surface area contributed by atoms with Crippen LogP contribution in [0.4, 0.5) is 0 Å². The lowest BCUT2D eigenvalue weighted by Crippen LogP contribution is -2.48. The SMILES string of the molecule is CC(C)(C)OC(=O)C1(C)CC(=O)CN1. The molecule has 0 amide bonds. The maximum Gasteiger partial charge on any atom is 0.327 e. The number of nitrogens with one attached hydrogen (secondary N) is 1. The second-order valence-electron chi connectivity index (χ2n) is 4.90. The fraction of sp³-hybridized carbons (Fsp3) is 0.800. The van der Waals surface area contributed by atoms with E-state index in [0.29, 0.717) is 0 Å². The summed E-state index contributed by atoms with van der Waals surface area (Å²) >= 11 is 0. The lowest BCUT2D eigenvalue weighted by atomic mass is 10.00. The van der Waals surface area contributed by atoms with Crippen molar-refractivity contribution in [3.63, 3.8) is 0 Å². The van der Waals surface area contributed by atoms with Crippen molar-refractivity contribution in [3.8, 4) is 0 Å². The van der Waals surface area contributed by atoms with Crippen LogP contribution in [-0.4, -0.2) is 29.4 Å². The lowest BCUT2D eigenvalue weighted by Gasteiger charge is -2.27. The number of carbonyl (C=O) groups is 2. The predicted molar refractivity (Wildman–Crippen MR) is 51.9 cm³/mol. The van der Waals surface area contributed by atoms with Crippen LogP contribution in [0.2, 0.25) is 0 Å². The van der Waals surface area contributed by atoms with Crippen LogP contribution in [0.1, 0.15) is 34.1 Å². The van der Waals surface area contributed by atoms with Crippen molar-refractivity contribution in [2.45, 2.75) is 45.3 Å². The Hall–Kier alpha value is -0.900. The molecule has 0 aromatic heterocycles. The highest BCUT2D eigenvalue weighted by molar-refractivity contribution is 5.94. The van der Waals surface area contributed by atoms with Gasteiger partial charge in [0.1, 0.15) is 16.9 Å². The van der Waals surface area contributed by atoms with Gasteiger partial charge in [0.05, 0.1) is 6.54 Å². The minimum atomic E-state index is -0.829. The molecular weight excluding hydrogens is 182 g/mol. The van der Waals surface area contributed by atoms with Crippen molar-refractivity contribution in [2.24, 2.45) is 0 Å². The average molecular weight is 199 g/mol. The summed E-state index contributed by atoms with van der Waals surface area (Å²) in [5.41, 5.74) is -1.34. The lowest BCUT2D eigenvalue weighted by molar-refractivity contribution is -0.162. The fourth-order valence-corrected chi connectivity index (χ4v) is 1.35. The Morgan fingerprint density at radius 3 is 2.43 bits per heavy atom. The van der Waals surface area contributed by atoms with E-state index in [-0.39, 0.29) is 24.7 Å². The smallest absolute Gasteiger partial charge is 0.327 e. The maximum atomic E-state index is 11.7. The van der Waals surface area contributed by atoms with Crippen LogP contribution in [0.25, 0.3) is 0 Å². The zero-order chi connectivity index (χ0) is 11.0. The second-order valence-corrected chi connectivity index (χ2v) is 4.90. The molecule has 14 heavy (non-hydrogen) atoms. The molecule has 1 N–H and O–H groups in total. The quantitative estimate of drug-likeness (QED) is 0.630. The summed E-state index contributed by atoms with van der Waals surface area (Å²) in [5, 5.41) is 2.88. The van der Waals surface area contributed by atoms with Crippen LogP contribution >= 0.6 is 0 Å². The van der Waals surface area contributed by atoms with Crippen molar-refractivity contribution in [1.82, 2.24) is 5.32 Å². The predicted octanol–water partition coefficient (Wildman–Crippen LogP) is 0.649. The summed E-state index contributed by atoms with van der Waals surface area (Å²) in [5.74, 6) is -0.297. The molecule has 0 aromatic carbocycles. The molecule has 1 heterocycles. The van der Waals surface area contributed by atoms with E-state index in [1.807, 2.05) is 20.8 Å². The molecule has 1 saturated heterocycles. The van der Waals surface area contributed by atoms with E-state index in [1.165, 1.54) is 0 Å². The molecule has 1 rings (SSSR count). The highest BCUT2D eigenvalue weighted by Gasteiger charge is 2.42. The van der Waals surface area contributed by atoms with Crippen LogP contribution in [0.5, 0.6) is 0 Å². The van der Waals surface area contributed by atoms with E-state index in [9.17, 15) is 9.59 Å². The monoisotopic (exact) mass is 199 g/mol. The molecular formula is C10H17NO3. The molecule has 0 aliphatic carbocycles. The van der Waals surface area contributed by atoms with Crippen LogP contribution in [-0.2, 0) is 14.3 Å². The van der Waals surface area contributed by atoms with E-state index in [1.54, 1.807) is 6.92 Å². The van der Waals surface area contributed by atoms with Gasteiger partial charge in [0.15, 0.2) is 0 Å². The van der Waals surface area contributed by atoms with E-state index in [2.05, 4.69) is 5.32 Å². The molecule has 0 aromatic rings. The Kier molecular flexibility index (Phi) is 2.67. The zero-order valence-electron chi connectivity index (χ0n) is 9.14. The third-order valence-electron chi connectivity index (χ3n) is 2.08. The van der Waals surface area contributed by atoms with E-state index in [4.69, 9.17) is 4.74 Å². The average Bonchev–Trinajstić information content (AvgIpc) is 2.29. The van der Waals surface area contributed by atoms with Gasteiger partial charge in [0.2, 0.25) is 0 Å². The van der Waals surface area contributed by atoms with Gasteiger partial charge in [-0.2, -0.15) is 0 Å². The molecule has 0 radical (unpaired) electrons. The standard InChI is InChI=1S/C10H17NO3/c1-9(2,3)14-8(13)10(4)5-7(12)6-11-10/h11H,5-6H2,1-4H3. The Bertz CT molecular complexity index is 267. The Morgan fingerprint density at radius 2 is 2.07 bits per heavy atom. The largest absolute Gasteiger partial charge is 0.459 e. The minimum absolute atomic E-state index is 0.0540. The molecule has 1 atom stereocenters. The van der Waals surface area contributed by atoms with Crippen molar-refractivity contribution < 1.29 is 14.3 Å². The number of hydrogen-bond donors (Lipinski definition) is 1. The summed E-state index contributed by atoms with van der Waals surface area (Å²) in [6, 6.07) is 0. The number of ketones is 1. The summed E-state index contributed by atoms with van der Waals surface area (Å²) in [7, 11) is 0. The molecule has 4 nitrogen and oxygen atoms in total. The molecule has 4 heteroatoms. The normalized spacial score (nSPS) is 27.9. The first kappa shape index (κ1) is 11.2. The molecule has 0 bridgehead atoms. The molecule has 80 valence electrons. The second kappa shape index (κ2) is 3.35. The van der Waals surface area contributed by atoms with Gasteiger partial charge in [-0.05, 0) is 27.7 Å². The molecule has 1 unspecified atom stereocenters. The van der Waals surface area contributed by atoms with E-state index in [0.717, 1.165) is 0 Å². The number of carbonyl (C=O) groups excluding carboxylic acids is 2. The first-order chi connectivity index (χ1) is 6.23. The zero-order valence-corrected chi connectivity index (χ0v) is 9.14. The van der Waals surface area contributed by atoms with Crippen LogP contribution in [0.15, 0.2) is 0 Å². The van der Waals surface area contributed by atoms with Crippen molar-refractivity contribution in [3.05, 3.63) is 0 Å². The van der Waals surface area contributed by atoms with Gasteiger partial charge in [-0.3, -0.25) is 14.9 Å². The van der Waals surface area contributed by atoms with E-state index < -0.39 is 11.1 Å². The maximum absolute atomic E-state index is 11.7. The molecule has 1 fully saturated rings. The molecule has 0 saturated carbocycles. The highest BCUT2D eigenvalue weighted by Crippen LogP contribution is 2.21. The summed E-state index contributed by atoms with van der Waals surface area (Å²) in [4.78, 5) is 22.7. The number of esters is 1. The van der Waals surface area contributed by atoms with Gasteiger partial charge in [-0.15, -0.1) is 0 Å². The summed E-state index contributed by atoms with van der Waals surface area (Å²) < 4.78 is 5.22. The Morgan fingerprint density at radius 1 is 1.50 bits per heavy atom. The van der Waals surface area contributed by atoms with Crippen LogP contribution in [0.3, 0.4) is 0 Å². The number of rotatable bonds is 1. The topological polar surface area (TPSA) is 55.4 Å². The van der Waals surface area contributed by atoms with Gasteiger partial charge in [-0.1, -0.05) is 0 Å². The molecule has 1 aliphatic rings. The van der Waals surface area contributed by atoms with Crippen molar-refractivity contribution >= 4 is 11.8 Å². The van der Waals surface area contributed by atoms with Gasteiger partial charge >= 0.3 is 5.97 Å². The number of ether oxygens (including phenoxy) is 1. The van der Waals surface area contributed by atoms with Gasteiger partial charge in [0.25, 0.3) is 0 Å². The Balaban J connectivity index is 2.65. The molecule has 1 aliphatic heterocycles. The minimum Gasteiger partial charge on any atom is -0.459 e. The Labute approximate surface area is 84.0 Å². The fourth-order valence-electron chi connectivity index (χ4n) is 1.35. The van der Waals surface area contributed by atoms with Gasteiger partial charge in [-0.25, -0.2) is 0 Å². The number of hydrogen-bond acceptors (Lipinski definition) is 4. The van der Waals surface area contributed by atoms with E-state index >= 15 is 0 Å². The van der Waals surface area contributed by atoms with Gasteiger partial charge in [0, 0.05) is 6.42 Å². The first-order valence-electron chi connectivity index (χ1n) is 4.73. The van der Waals surface area contributed by atoms with Crippen molar-refractivity contribution in [2.75, 3.05) is 6.54 Å². The molecule has 0 spiro atoms. The third kappa shape index (κ3) is 2.54. The van der Waals surface area contributed by atoms with Gasteiger partial charge < -0.3 is 4.74 Å². The third-order valence-corrected chi connectivity index (χ3v) is 2.08. The van der Waals surface area contributed by atoms with Crippen LogP contribution < -0.4 is 5.32 Å².